The summed E-state index contributed by atoms with van der Waals surface area (Å²) in [6.45, 7) is -0.0149. The Bertz CT molecular complexity index is 2920. The third-order valence-corrected chi connectivity index (χ3v) is 14.1. The molecular formula is C46H36BrClF3N3O3S4. The topological polar surface area (TPSA) is 90.7 Å². The predicted molar refractivity (Wildman–Crippen MR) is 248 cm³/mol. The van der Waals surface area contributed by atoms with Gasteiger partial charge < -0.3 is 15.0 Å². The molecule has 6 aromatic carbocycles. The van der Waals surface area contributed by atoms with E-state index in [1.54, 1.807) is 35.7 Å². The van der Waals surface area contributed by atoms with E-state index in [4.69, 9.17) is 15.8 Å². The van der Waals surface area contributed by atoms with Crippen LogP contribution < -0.4 is 0 Å². The second-order valence-corrected chi connectivity index (χ2v) is 19.1. The van der Waals surface area contributed by atoms with Gasteiger partial charge in [0, 0.05) is 91.9 Å². The molecule has 6 nitrogen and oxygen atoms in total. The van der Waals surface area contributed by atoms with Gasteiger partial charge in [0.2, 0.25) is 0 Å². The van der Waals surface area contributed by atoms with Gasteiger partial charge in [-0.15, -0.1) is 11.6 Å². The summed E-state index contributed by atoms with van der Waals surface area (Å²) < 4.78 is 66.8. The van der Waals surface area contributed by atoms with Gasteiger partial charge in [-0.3, -0.25) is 4.18 Å². The highest BCUT2D eigenvalue weighted by atomic mass is 79.9. The molecule has 0 unspecified atom stereocenters. The van der Waals surface area contributed by atoms with Crippen LogP contribution in [0.3, 0.4) is 0 Å². The first-order valence-electron chi connectivity index (χ1n) is 18.5. The number of nitrogens with one attached hydrogen (secondary N) is 3. The molecule has 0 aliphatic heterocycles. The van der Waals surface area contributed by atoms with Gasteiger partial charge in [-0.2, -0.15) is 8.42 Å². The van der Waals surface area contributed by atoms with Crippen LogP contribution in [0.15, 0.2) is 175 Å². The van der Waals surface area contributed by atoms with Crippen LogP contribution in [0.5, 0.6) is 0 Å². The quantitative estimate of drug-likeness (QED) is 0.0884. The zero-order chi connectivity index (χ0) is 42.9. The van der Waals surface area contributed by atoms with Crippen molar-refractivity contribution in [1.82, 2.24) is 15.0 Å². The zero-order valence-corrected chi connectivity index (χ0v) is 37.8. The summed E-state index contributed by atoms with van der Waals surface area (Å²) in [5, 5.41) is 3.81. The predicted octanol–water partition coefficient (Wildman–Crippen LogP) is 14.5. The first-order chi connectivity index (χ1) is 29.5. The molecular weight excluding hydrogens is 943 g/mol. The van der Waals surface area contributed by atoms with Crippen molar-refractivity contribution in [2.45, 2.75) is 47.2 Å². The molecule has 0 saturated heterocycles. The van der Waals surface area contributed by atoms with Crippen molar-refractivity contribution >= 4 is 106 Å². The van der Waals surface area contributed by atoms with Crippen LogP contribution in [0, 0.1) is 17.5 Å². The van der Waals surface area contributed by atoms with Crippen molar-refractivity contribution < 1.29 is 25.8 Å². The van der Waals surface area contributed by atoms with Crippen molar-refractivity contribution in [3.8, 4) is 0 Å². The Morgan fingerprint density at radius 1 is 0.541 bits per heavy atom. The van der Waals surface area contributed by atoms with Crippen LogP contribution in [0.2, 0.25) is 0 Å². The molecule has 312 valence electrons. The average Bonchev–Trinajstić information content (AvgIpc) is 3.97. The summed E-state index contributed by atoms with van der Waals surface area (Å²) in [7, 11) is -3.50. The van der Waals surface area contributed by atoms with Crippen molar-refractivity contribution in [2.75, 3.05) is 6.26 Å². The highest BCUT2D eigenvalue weighted by Gasteiger charge is 2.13. The van der Waals surface area contributed by atoms with E-state index in [0.717, 1.165) is 79.9 Å². The van der Waals surface area contributed by atoms with Gasteiger partial charge in [-0.1, -0.05) is 106 Å². The highest BCUT2D eigenvalue weighted by molar-refractivity contribution is 9.08. The van der Waals surface area contributed by atoms with Crippen LogP contribution in [-0.2, 0) is 32.1 Å². The SMILES string of the molecule is CS(=O)(=O)OCc1ccccc1Sc1c[nH]c2cc(F)ccc12.Fc1ccc2c(Sc3ccccc3CBr)c[nH]c2c1.Fc1ccc2c(Sc3ccccc3CCl)c[nH]c2c1. The number of halogens is 5. The van der Waals surface area contributed by atoms with Crippen molar-refractivity contribution in [2.24, 2.45) is 0 Å². The molecule has 9 rings (SSSR count). The minimum Gasteiger partial charge on any atom is -0.360 e. The molecule has 15 heteroatoms. The van der Waals surface area contributed by atoms with Crippen LogP contribution in [-0.4, -0.2) is 29.6 Å². The van der Waals surface area contributed by atoms with Crippen LogP contribution in [0.25, 0.3) is 32.7 Å². The fourth-order valence-corrected chi connectivity index (χ4v) is 10.6. The molecule has 0 atom stereocenters. The van der Waals surface area contributed by atoms with E-state index in [9.17, 15) is 21.6 Å². The molecule has 0 fully saturated rings. The summed E-state index contributed by atoms with van der Waals surface area (Å²) >= 11 is 14.3. The molecule has 0 amide bonds. The fourth-order valence-electron chi connectivity index (χ4n) is 6.14. The fraction of sp³-hybridized carbons (Fsp3) is 0.0870. The molecule has 0 spiro atoms. The minimum atomic E-state index is -3.50. The summed E-state index contributed by atoms with van der Waals surface area (Å²) in [6, 6.07) is 37.9. The van der Waals surface area contributed by atoms with Crippen molar-refractivity contribution in [3.63, 3.8) is 0 Å². The maximum atomic E-state index is 13.2. The molecule has 0 saturated carbocycles. The molecule has 3 N–H and O–H groups in total. The third-order valence-electron chi connectivity index (χ3n) is 9.11. The van der Waals surface area contributed by atoms with Crippen LogP contribution >= 0.6 is 62.8 Å². The Hall–Kier alpha value is -4.54. The smallest absolute Gasteiger partial charge is 0.264 e. The second-order valence-electron chi connectivity index (χ2n) is 13.4. The lowest BCUT2D eigenvalue weighted by molar-refractivity contribution is 0.309. The van der Waals surface area contributed by atoms with Crippen molar-refractivity contribution in [1.29, 1.82) is 0 Å². The summed E-state index contributed by atoms with van der Waals surface area (Å²) in [6.07, 6.45) is 6.67. The molecule has 61 heavy (non-hydrogen) atoms. The lowest BCUT2D eigenvalue weighted by atomic mass is 10.2. The zero-order valence-electron chi connectivity index (χ0n) is 32.2. The third kappa shape index (κ3) is 11.7. The maximum Gasteiger partial charge on any atom is 0.264 e. The number of H-pyrrole nitrogens is 3. The number of fused-ring (bicyclic) bond motifs is 3. The number of hydrogen-bond donors (Lipinski definition) is 3. The van der Waals surface area contributed by atoms with Gasteiger partial charge in [0.05, 0.1) is 12.9 Å². The Kier molecular flexibility index (Phi) is 15.0. The van der Waals surface area contributed by atoms with Crippen LogP contribution in [0.4, 0.5) is 13.2 Å². The van der Waals surface area contributed by atoms with E-state index >= 15 is 0 Å². The van der Waals surface area contributed by atoms with Gasteiger partial charge in [0.1, 0.15) is 17.5 Å². The second kappa shape index (κ2) is 20.6. The van der Waals surface area contributed by atoms with E-state index in [2.05, 4.69) is 43.0 Å². The number of aromatic nitrogens is 3. The van der Waals surface area contributed by atoms with Gasteiger partial charge in [-0.25, -0.2) is 13.2 Å². The van der Waals surface area contributed by atoms with Gasteiger partial charge in [0.25, 0.3) is 10.1 Å². The standard InChI is InChI=1S/C16H14FNO3S2.C15H11BrFNS.C15H11ClFNS/c1-23(19,20)21-10-11-4-2-3-5-15(11)22-16-9-18-14-8-12(17)6-7-13(14)16;2*16-8-10-3-1-2-4-14(10)19-15-9-18-13-7-11(17)5-6-12(13)15/h2-9,18H,10H2,1H3;2*1-7,9,18H,8H2. The van der Waals surface area contributed by atoms with Crippen molar-refractivity contribution in [3.05, 3.63) is 180 Å². The van der Waals surface area contributed by atoms with E-state index in [0.29, 0.717) is 5.88 Å². The molecule has 9 aromatic rings. The van der Waals surface area contributed by atoms with Gasteiger partial charge in [0.15, 0.2) is 0 Å². The van der Waals surface area contributed by atoms with E-state index in [1.165, 1.54) is 58.6 Å². The first-order valence-corrected chi connectivity index (χ1v) is 24.4. The van der Waals surface area contributed by atoms with Gasteiger partial charge >= 0.3 is 0 Å². The maximum absolute atomic E-state index is 13.2. The Morgan fingerprint density at radius 2 is 0.902 bits per heavy atom. The average molecular weight is 979 g/mol. The van der Waals surface area contributed by atoms with E-state index in [1.807, 2.05) is 85.3 Å². The molecule has 3 heterocycles. The first kappa shape index (κ1) is 44.5. The summed E-state index contributed by atoms with van der Waals surface area (Å²) in [5.41, 5.74) is 5.50. The normalized spacial score (nSPS) is 11.4. The summed E-state index contributed by atoms with van der Waals surface area (Å²) in [5.74, 6) is -0.253. The lowest BCUT2D eigenvalue weighted by Crippen LogP contribution is -2.03. The largest absolute Gasteiger partial charge is 0.360 e. The minimum absolute atomic E-state index is 0.0149. The van der Waals surface area contributed by atoms with Crippen LogP contribution in [0.1, 0.15) is 16.7 Å². The van der Waals surface area contributed by atoms with E-state index in [-0.39, 0.29) is 24.1 Å². The summed E-state index contributed by atoms with van der Waals surface area (Å²) in [4.78, 5) is 15.6. The Labute approximate surface area is 377 Å². The Morgan fingerprint density at radius 3 is 1.30 bits per heavy atom. The number of aromatic amines is 3. The molecule has 0 aliphatic carbocycles. The molecule has 0 bridgehead atoms. The lowest BCUT2D eigenvalue weighted by Gasteiger charge is -2.08. The number of alkyl halides is 2. The molecule has 3 aromatic heterocycles. The number of hydrogen-bond acceptors (Lipinski definition) is 6. The van der Waals surface area contributed by atoms with E-state index < -0.39 is 10.1 Å². The number of rotatable bonds is 11. The Balaban J connectivity index is 0.000000139. The molecule has 0 radical (unpaired) electrons. The highest BCUT2D eigenvalue weighted by Crippen LogP contribution is 2.38. The van der Waals surface area contributed by atoms with Gasteiger partial charge in [-0.05, 0) is 89.5 Å². The molecule has 0 aliphatic rings. The number of benzene rings is 6. The monoisotopic (exact) mass is 977 g/mol.